The van der Waals surface area contributed by atoms with Crippen LogP contribution >= 0.6 is 0 Å². The average Bonchev–Trinajstić information content (AvgIpc) is 3.25. The minimum Gasteiger partial charge on any atom is -0.481 e. The van der Waals surface area contributed by atoms with Crippen LogP contribution in [0.25, 0.3) is 0 Å². The van der Waals surface area contributed by atoms with Crippen molar-refractivity contribution in [2.75, 3.05) is 39.2 Å². The number of nitrogens with one attached hydrogen (secondary N) is 1. The molecule has 188 valence electrons. The number of nitrogens with zero attached hydrogens (tertiary/aromatic N) is 3. The molecule has 0 bridgehead atoms. The highest BCUT2D eigenvalue weighted by atomic mass is 16.5. The Hall–Kier alpha value is -3.16. The maximum absolute atomic E-state index is 13.0. The zero-order valence-corrected chi connectivity index (χ0v) is 20.8. The highest BCUT2D eigenvalue weighted by Gasteiger charge is 2.31. The first kappa shape index (κ1) is 24.9. The van der Waals surface area contributed by atoms with Gasteiger partial charge in [0, 0.05) is 43.5 Å². The number of likely N-dealkylation sites (tertiary alicyclic amines) is 1. The van der Waals surface area contributed by atoms with Gasteiger partial charge in [-0.1, -0.05) is 12.1 Å². The van der Waals surface area contributed by atoms with Gasteiger partial charge in [-0.15, -0.1) is 0 Å². The molecule has 2 atom stereocenters. The van der Waals surface area contributed by atoms with E-state index in [1.54, 1.807) is 13.3 Å². The average molecular weight is 481 g/mol. The number of esters is 1. The van der Waals surface area contributed by atoms with Crippen LogP contribution in [0, 0.1) is 5.92 Å². The number of aromatic nitrogens is 2. The van der Waals surface area contributed by atoms with Gasteiger partial charge in [0.2, 0.25) is 11.8 Å². The maximum Gasteiger partial charge on any atom is 0.306 e. The van der Waals surface area contributed by atoms with E-state index in [1.807, 2.05) is 17.0 Å². The van der Waals surface area contributed by atoms with Crippen LogP contribution in [0.2, 0.25) is 0 Å². The molecule has 1 fully saturated rings. The second-order valence-electron chi connectivity index (χ2n) is 9.44. The van der Waals surface area contributed by atoms with Crippen LogP contribution in [-0.4, -0.2) is 60.6 Å². The summed E-state index contributed by atoms with van der Waals surface area (Å²) in [7, 11) is 2.99. The number of hydrogen-bond donors (Lipinski definition) is 1. The molecule has 1 amide bonds. The number of methoxy groups -OCH3 is 2. The second kappa shape index (κ2) is 12.0. The number of carbonyl (C=O) groups excluding carboxylic acids is 2. The molecule has 8 nitrogen and oxygen atoms in total. The van der Waals surface area contributed by atoms with Crippen molar-refractivity contribution in [3.63, 3.8) is 0 Å². The van der Waals surface area contributed by atoms with Gasteiger partial charge in [0.25, 0.3) is 0 Å². The molecule has 2 aliphatic heterocycles. The van der Waals surface area contributed by atoms with Gasteiger partial charge < -0.3 is 19.7 Å². The van der Waals surface area contributed by atoms with Gasteiger partial charge in [-0.2, -0.15) is 0 Å². The number of pyridine rings is 2. The van der Waals surface area contributed by atoms with Crippen LogP contribution in [0.5, 0.6) is 5.88 Å². The monoisotopic (exact) mass is 480 g/mol. The van der Waals surface area contributed by atoms with Gasteiger partial charge in [-0.3, -0.25) is 9.59 Å². The minimum absolute atomic E-state index is 0.00180. The molecule has 0 radical (unpaired) electrons. The van der Waals surface area contributed by atoms with Gasteiger partial charge in [-0.25, -0.2) is 9.97 Å². The van der Waals surface area contributed by atoms with E-state index < -0.39 is 0 Å². The molecule has 0 spiro atoms. The van der Waals surface area contributed by atoms with Crippen molar-refractivity contribution in [3.05, 3.63) is 47.3 Å². The smallest absolute Gasteiger partial charge is 0.306 e. The summed E-state index contributed by atoms with van der Waals surface area (Å²) in [4.78, 5) is 36.0. The molecule has 4 heterocycles. The topological polar surface area (TPSA) is 93.7 Å². The van der Waals surface area contributed by atoms with Crippen molar-refractivity contribution < 1.29 is 19.1 Å². The Bertz CT molecular complexity index is 1010. The molecule has 1 unspecified atom stereocenters. The molecule has 0 aliphatic carbocycles. The first-order chi connectivity index (χ1) is 17.1. The van der Waals surface area contributed by atoms with Crippen LogP contribution in [-0.2, 0) is 27.2 Å². The first-order valence-electron chi connectivity index (χ1n) is 12.7. The molecule has 1 saturated heterocycles. The number of carbonyl (C=O) groups is 2. The lowest BCUT2D eigenvalue weighted by Crippen LogP contribution is -2.29. The number of rotatable bonds is 11. The predicted octanol–water partition coefficient (Wildman–Crippen LogP) is 3.75. The lowest BCUT2D eigenvalue weighted by molar-refractivity contribution is -0.141. The number of fused-ring (bicyclic) bond motifs is 1. The molecule has 0 aromatic carbocycles. The van der Waals surface area contributed by atoms with E-state index in [4.69, 9.17) is 14.5 Å². The highest BCUT2D eigenvalue weighted by molar-refractivity contribution is 5.80. The molecule has 2 aliphatic rings. The Morgan fingerprint density at radius 2 is 2.14 bits per heavy atom. The fraction of sp³-hybridized carbons (Fsp3) is 0.556. The van der Waals surface area contributed by atoms with Gasteiger partial charge in [-0.05, 0) is 68.1 Å². The van der Waals surface area contributed by atoms with Gasteiger partial charge in [0.05, 0.1) is 20.6 Å². The van der Waals surface area contributed by atoms with E-state index in [1.165, 1.54) is 12.7 Å². The van der Waals surface area contributed by atoms with Crippen molar-refractivity contribution in [2.45, 2.75) is 57.3 Å². The molecule has 35 heavy (non-hydrogen) atoms. The van der Waals surface area contributed by atoms with E-state index in [-0.39, 0.29) is 23.7 Å². The molecule has 4 rings (SSSR count). The first-order valence-corrected chi connectivity index (χ1v) is 12.7. The van der Waals surface area contributed by atoms with E-state index in [0.29, 0.717) is 18.8 Å². The highest BCUT2D eigenvalue weighted by Crippen LogP contribution is 2.28. The quantitative estimate of drug-likeness (QED) is 0.490. The third-order valence-corrected chi connectivity index (χ3v) is 7.17. The number of anilines is 1. The molecule has 2 aromatic rings. The summed E-state index contributed by atoms with van der Waals surface area (Å²) in [6.07, 6.45) is 8.46. The summed E-state index contributed by atoms with van der Waals surface area (Å²) in [5, 5.41) is 3.39. The van der Waals surface area contributed by atoms with Crippen molar-refractivity contribution >= 4 is 17.7 Å². The van der Waals surface area contributed by atoms with Gasteiger partial charge >= 0.3 is 5.97 Å². The van der Waals surface area contributed by atoms with Crippen LogP contribution in [0.1, 0.15) is 61.3 Å². The number of amides is 1. The lowest BCUT2D eigenvalue weighted by Gasteiger charge is -2.20. The SMILES string of the molecule is COC(=O)CC(CCCN1CC[C@H](CCc2ccc3c(n2)NCCC3)C1=O)c1ccc(OC)nc1. The largest absolute Gasteiger partial charge is 0.481 e. The molecule has 0 saturated carbocycles. The Morgan fingerprint density at radius 1 is 1.26 bits per heavy atom. The summed E-state index contributed by atoms with van der Waals surface area (Å²) in [6.45, 7) is 2.49. The van der Waals surface area contributed by atoms with E-state index >= 15 is 0 Å². The lowest BCUT2D eigenvalue weighted by atomic mass is 9.92. The van der Waals surface area contributed by atoms with Crippen molar-refractivity contribution in [2.24, 2.45) is 5.92 Å². The van der Waals surface area contributed by atoms with Crippen LogP contribution in [0.4, 0.5) is 5.82 Å². The Labute approximate surface area is 207 Å². The van der Waals surface area contributed by atoms with Gasteiger partial charge in [0.1, 0.15) is 5.82 Å². The molecule has 1 N–H and O–H groups in total. The minimum atomic E-state index is -0.242. The maximum atomic E-state index is 13.0. The Kier molecular flexibility index (Phi) is 8.55. The standard InChI is InChI=1S/C27H36N4O4/c1-34-24-12-9-22(18-29-24)21(17-25(32)35-2)6-4-15-31-16-13-20(27(31)33)8-11-23-10-7-19-5-3-14-28-26(19)30-23/h7,9-10,12,18,20-21H,3-6,8,11,13-17H2,1-2H3,(H,28,30)/t20-,21?/m0/s1. The Balaban J connectivity index is 1.26. The summed E-state index contributed by atoms with van der Waals surface area (Å²) < 4.78 is 10.0. The van der Waals surface area contributed by atoms with E-state index in [0.717, 1.165) is 75.1 Å². The normalized spacial score (nSPS) is 18.1. The van der Waals surface area contributed by atoms with Crippen molar-refractivity contribution in [1.82, 2.24) is 14.9 Å². The zero-order valence-electron chi connectivity index (χ0n) is 20.8. The summed E-state index contributed by atoms with van der Waals surface area (Å²) in [5.74, 6) is 1.63. The molecule has 2 aromatic heterocycles. The predicted molar refractivity (Wildman–Crippen MR) is 133 cm³/mol. The van der Waals surface area contributed by atoms with E-state index in [9.17, 15) is 9.59 Å². The van der Waals surface area contributed by atoms with Gasteiger partial charge in [0.15, 0.2) is 0 Å². The Morgan fingerprint density at radius 3 is 2.91 bits per heavy atom. The second-order valence-corrected chi connectivity index (χ2v) is 9.44. The third kappa shape index (κ3) is 6.50. The zero-order chi connectivity index (χ0) is 24.6. The van der Waals surface area contributed by atoms with Crippen molar-refractivity contribution in [1.29, 1.82) is 0 Å². The molecular weight excluding hydrogens is 444 g/mol. The van der Waals surface area contributed by atoms with Crippen LogP contribution < -0.4 is 10.1 Å². The number of ether oxygens (including phenoxy) is 2. The molecular formula is C27H36N4O4. The summed E-state index contributed by atoms with van der Waals surface area (Å²) in [6, 6.07) is 8.04. The third-order valence-electron chi connectivity index (χ3n) is 7.17. The van der Waals surface area contributed by atoms with Crippen LogP contribution in [0.15, 0.2) is 30.5 Å². The summed E-state index contributed by atoms with van der Waals surface area (Å²) in [5.41, 5.74) is 3.33. The van der Waals surface area contributed by atoms with Crippen molar-refractivity contribution in [3.8, 4) is 5.88 Å². The fourth-order valence-corrected chi connectivity index (χ4v) is 5.08. The molecule has 8 heteroatoms. The fourth-order valence-electron chi connectivity index (χ4n) is 5.08. The van der Waals surface area contributed by atoms with E-state index in [2.05, 4.69) is 22.4 Å². The van der Waals surface area contributed by atoms with Crippen LogP contribution in [0.3, 0.4) is 0 Å². The summed E-state index contributed by atoms with van der Waals surface area (Å²) >= 11 is 0. The number of aryl methyl sites for hydroxylation is 2. The number of hydrogen-bond acceptors (Lipinski definition) is 7.